The Kier molecular flexibility index (Phi) is 4.44. The summed E-state index contributed by atoms with van der Waals surface area (Å²) in [6.45, 7) is 0. The van der Waals surface area contributed by atoms with Crippen molar-refractivity contribution in [3.63, 3.8) is 0 Å². The lowest BCUT2D eigenvalue weighted by atomic mass is 10.2. The lowest BCUT2D eigenvalue weighted by Crippen LogP contribution is -2.06. The monoisotopic (exact) mass is 434 g/mol. The molecule has 0 aliphatic heterocycles. The fraction of sp³-hybridized carbons (Fsp3) is 0.222. The summed E-state index contributed by atoms with van der Waals surface area (Å²) < 4.78 is 11.6. The van der Waals surface area contributed by atoms with Gasteiger partial charge in [-0.15, -0.1) is 0 Å². The Bertz CT molecular complexity index is 375. The van der Waals surface area contributed by atoms with Gasteiger partial charge in [0.05, 0.1) is 21.4 Å². The van der Waals surface area contributed by atoms with Gasteiger partial charge in [0, 0.05) is 0 Å². The van der Waals surface area contributed by atoms with E-state index in [9.17, 15) is 4.79 Å². The first kappa shape index (κ1) is 12.8. The molecule has 0 bridgehead atoms. The number of carboxylic acid groups (broad SMARTS) is 1. The van der Waals surface area contributed by atoms with Crippen LogP contribution in [-0.4, -0.2) is 25.3 Å². The summed E-state index contributed by atoms with van der Waals surface area (Å²) in [5.74, 6) is -0.388. The van der Waals surface area contributed by atoms with Crippen LogP contribution >= 0.6 is 45.2 Å². The van der Waals surface area contributed by atoms with E-state index in [1.165, 1.54) is 14.2 Å². The van der Waals surface area contributed by atoms with E-state index in [2.05, 4.69) is 0 Å². The lowest BCUT2D eigenvalue weighted by Gasteiger charge is -2.13. The molecular weight excluding hydrogens is 426 g/mol. The van der Waals surface area contributed by atoms with Crippen LogP contribution in [0.3, 0.4) is 0 Å². The van der Waals surface area contributed by atoms with Gasteiger partial charge in [-0.25, -0.2) is 4.79 Å². The van der Waals surface area contributed by atoms with Crippen LogP contribution in [-0.2, 0) is 0 Å². The van der Waals surface area contributed by atoms with Crippen molar-refractivity contribution in [2.75, 3.05) is 14.2 Å². The fourth-order valence-electron chi connectivity index (χ4n) is 1.18. The fourth-order valence-corrected chi connectivity index (χ4v) is 3.38. The number of hydrogen-bond acceptors (Lipinski definition) is 3. The highest BCUT2D eigenvalue weighted by molar-refractivity contribution is 14.1. The molecule has 0 saturated heterocycles. The first-order chi connectivity index (χ1) is 7.02. The number of methoxy groups -OCH3 is 2. The SMILES string of the molecule is COc1c(I)cc(I)c(OC)c1C(=O)O. The van der Waals surface area contributed by atoms with E-state index in [0.717, 1.165) is 7.14 Å². The maximum atomic E-state index is 11.1. The van der Waals surface area contributed by atoms with Crippen LogP contribution in [0.5, 0.6) is 11.5 Å². The van der Waals surface area contributed by atoms with Crippen molar-refractivity contribution in [3.05, 3.63) is 18.8 Å². The van der Waals surface area contributed by atoms with E-state index in [-0.39, 0.29) is 5.56 Å². The van der Waals surface area contributed by atoms with Crippen LogP contribution < -0.4 is 9.47 Å². The third kappa shape index (κ3) is 2.47. The van der Waals surface area contributed by atoms with Crippen LogP contribution in [0.15, 0.2) is 6.07 Å². The molecule has 0 amide bonds. The van der Waals surface area contributed by atoms with Crippen molar-refractivity contribution in [3.8, 4) is 11.5 Å². The minimum Gasteiger partial charge on any atom is -0.495 e. The Morgan fingerprint density at radius 2 is 1.60 bits per heavy atom. The molecule has 4 nitrogen and oxygen atoms in total. The number of hydrogen-bond donors (Lipinski definition) is 1. The summed E-state index contributed by atoms with van der Waals surface area (Å²) in [4.78, 5) is 11.1. The molecule has 1 aromatic rings. The van der Waals surface area contributed by atoms with Crippen LogP contribution in [0.25, 0.3) is 0 Å². The Morgan fingerprint density at radius 3 is 1.87 bits per heavy atom. The van der Waals surface area contributed by atoms with Gasteiger partial charge in [0.25, 0.3) is 0 Å². The van der Waals surface area contributed by atoms with Gasteiger partial charge < -0.3 is 14.6 Å². The van der Waals surface area contributed by atoms with Gasteiger partial charge in [-0.05, 0) is 51.2 Å². The highest BCUT2D eigenvalue weighted by atomic mass is 127. The maximum absolute atomic E-state index is 11.1. The Labute approximate surface area is 114 Å². The van der Waals surface area contributed by atoms with Gasteiger partial charge in [0.2, 0.25) is 0 Å². The molecule has 0 aliphatic carbocycles. The molecule has 0 atom stereocenters. The lowest BCUT2D eigenvalue weighted by molar-refractivity contribution is 0.0689. The highest BCUT2D eigenvalue weighted by Gasteiger charge is 2.22. The number of halogens is 2. The minimum absolute atomic E-state index is 0.0660. The Hall–Kier alpha value is -0.250. The van der Waals surface area contributed by atoms with Crippen molar-refractivity contribution in [2.24, 2.45) is 0 Å². The van der Waals surface area contributed by atoms with E-state index in [1.54, 1.807) is 0 Å². The summed E-state index contributed by atoms with van der Waals surface area (Å²) >= 11 is 4.06. The predicted molar refractivity (Wildman–Crippen MR) is 71.9 cm³/mol. The second kappa shape index (κ2) is 5.19. The van der Waals surface area contributed by atoms with Crippen LogP contribution in [0.1, 0.15) is 10.4 Å². The van der Waals surface area contributed by atoms with Gasteiger partial charge in [-0.3, -0.25) is 0 Å². The molecule has 1 rings (SSSR count). The first-order valence-electron chi connectivity index (χ1n) is 3.86. The average Bonchev–Trinajstić information content (AvgIpc) is 2.16. The molecule has 0 radical (unpaired) electrons. The van der Waals surface area contributed by atoms with Gasteiger partial charge >= 0.3 is 5.97 Å². The maximum Gasteiger partial charge on any atom is 0.343 e. The second-order valence-electron chi connectivity index (χ2n) is 2.59. The largest absolute Gasteiger partial charge is 0.495 e. The van der Waals surface area contributed by atoms with Crippen molar-refractivity contribution in [1.82, 2.24) is 0 Å². The van der Waals surface area contributed by atoms with Gasteiger partial charge in [0.1, 0.15) is 5.56 Å². The molecule has 1 N–H and O–H groups in total. The zero-order valence-electron chi connectivity index (χ0n) is 8.01. The third-order valence-electron chi connectivity index (χ3n) is 1.76. The predicted octanol–water partition coefficient (Wildman–Crippen LogP) is 2.61. The molecular formula is C9H8I2O4. The summed E-state index contributed by atoms with van der Waals surface area (Å²) in [7, 11) is 2.88. The number of carbonyl (C=O) groups is 1. The molecule has 0 spiro atoms. The van der Waals surface area contributed by atoms with Gasteiger partial charge in [-0.2, -0.15) is 0 Å². The molecule has 15 heavy (non-hydrogen) atoms. The van der Waals surface area contributed by atoms with E-state index >= 15 is 0 Å². The summed E-state index contributed by atoms with van der Waals surface area (Å²) in [6.07, 6.45) is 0. The summed E-state index contributed by atoms with van der Waals surface area (Å²) in [5.41, 5.74) is 0.0660. The molecule has 1 aromatic carbocycles. The molecule has 0 aliphatic rings. The Morgan fingerprint density at radius 1 is 1.20 bits per heavy atom. The van der Waals surface area contributed by atoms with E-state index < -0.39 is 5.97 Å². The van der Waals surface area contributed by atoms with Gasteiger partial charge in [-0.1, -0.05) is 0 Å². The normalized spacial score (nSPS) is 9.87. The summed E-state index contributed by atoms with van der Waals surface area (Å²) in [5, 5.41) is 9.09. The zero-order chi connectivity index (χ0) is 11.6. The van der Waals surface area contributed by atoms with Gasteiger partial charge in [0.15, 0.2) is 11.5 Å². The van der Waals surface area contributed by atoms with Crippen LogP contribution in [0, 0.1) is 7.14 Å². The van der Waals surface area contributed by atoms with Crippen LogP contribution in [0.2, 0.25) is 0 Å². The standard InChI is InChI=1S/C9H8I2O4/c1-14-7-4(10)3-5(11)8(15-2)6(7)9(12)13/h3H,1-2H3,(H,12,13). The molecule has 0 aromatic heterocycles. The number of aromatic carboxylic acids is 1. The van der Waals surface area contributed by atoms with Crippen molar-refractivity contribution in [2.45, 2.75) is 0 Å². The van der Waals surface area contributed by atoms with Crippen LogP contribution in [0.4, 0.5) is 0 Å². The molecule has 82 valence electrons. The van der Waals surface area contributed by atoms with Crippen molar-refractivity contribution < 1.29 is 19.4 Å². The first-order valence-corrected chi connectivity index (χ1v) is 6.02. The van der Waals surface area contributed by atoms with E-state index in [4.69, 9.17) is 14.6 Å². The minimum atomic E-state index is -1.06. The topological polar surface area (TPSA) is 55.8 Å². The number of carboxylic acids is 1. The zero-order valence-corrected chi connectivity index (χ0v) is 12.3. The number of ether oxygens (including phenoxy) is 2. The molecule has 0 fully saturated rings. The molecule has 6 heteroatoms. The third-order valence-corrected chi connectivity index (χ3v) is 3.37. The quantitative estimate of drug-likeness (QED) is 0.744. The smallest absolute Gasteiger partial charge is 0.343 e. The molecule has 0 unspecified atom stereocenters. The van der Waals surface area contributed by atoms with Crippen molar-refractivity contribution >= 4 is 51.2 Å². The molecule has 0 heterocycles. The Balaban J connectivity index is 3.58. The van der Waals surface area contributed by atoms with E-state index in [1.807, 2.05) is 51.2 Å². The average molecular weight is 434 g/mol. The summed E-state index contributed by atoms with van der Waals surface area (Å²) in [6, 6.07) is 1.81. The number of benzene rings is 1. The molecule has 0 saturated carbocycles. The number of rotatable bonds is 3. The second-order valence-corrected chi connectivity index (χ2v) is 4.91. The van der Waals surface area contributed by atoms with Crippen molar-refractivity contribution in [1.29, 1.82) is 0 Å². The van der Waals surface area contributed by atoms with E-state index in [0.29, 0.717) is 11.5 Å². The highest BCUT2D eigenvalue weighted by Crippen LogP contribution is 2.36.